The highest BCUT2D eigenvalue weighted by atomic mass is 79.9. The summed E-state index contributed by atoms with van der Waals surface area (Å²) in [6.45, 7) is 0.495. The molecule has 0 saturated heterocycles. The van der Waals surface area contributed by atoms with Gasteiger partial charge in [0.05, 0.1) is 20.4 Å². The van der Waals surface area contributed by atoms with Crippen LogP contribution in [0.2, 0.25) is 10.0 Å². The maximum atomic E-state index is 11.9. The van der Waals surface area contributed by atoms with Crippen LogP contribution in [-0.4, -0.2) is 5.91 Å². The summed E-state index contributed by atoms with van der Waals surface area (Å²) in [5.41, 5.74) is 0.500. The summed E-state index contributed by atoms with van der Waals surface area (Å²) >= 11 is 16.6. The third kappa shape index (κ3) is 3.48. The van der Waals surface area contributed by atoms with Crippen LogP contribution in [0.15, 0.2) is 34.1 Å². The summed E-state index contributed by atoms with van der Waals surface area (Å²) in [5, 5.41) is 3.64. The number of halogens is 3. The summed E-state index contributed by atoms with van der Waals surface area (Å²) in [7, 11) is 0. The molecule has 1 amide bonds. The van der Waals surface area contributed by atoms with Gasteiger partial charge in [0.2, 0.25) is 0 Å². The monoisotopic (exact) mass is 363 g/mol. The fourth-order valence-corrected chi connectivity index (χ4v) is 3.07. The van der Waals surface area contributed by atoms with Crippen molar-refractivity contribution >= 4 is 56.4 Å². The Hall–Kier alpha value is -0.550. The van der Waals surface area contributed by atoms with Crippen LogP contribution in [0.5, 0.6) is 0 Å². The average molecular weight is 365 g/mol. The normalized spacial score (nSPS) is 10.4. The number of thiophene rings is 1. The second kappa shape index (κ2) is 6.06. The van der Waals surface area contributed by atoms with E-state index in [-0.39, 0.29) is 5.91 Å². The molecule has 0 saturated carbocycles. The maximum Gasteiger partial charge on any atom is 0.251 e. The van der Waals surface area contributed by atoms with Gasteiger partial charge in [0.25, 0.3) is 5.91 Å². The Balaban J connectivity index is 2.01. The quantitative estimate of drug-likeness (QED) is 0.836. The Kier molecular flexibility index (Phi) is 4.67. The molecule has 0 unspecified atom stereocenters. The lowest BCUT2D eigenvalue weighted by Gasteiger charge is -2.04. The Morgan fingerprint density at radius 3 is 2.61 bits per heavy atom. The molecule has 0 radical (unpaired) electrons. The molecular formula is C12H8BrCl2NOS. The minimum Gasteiger partial charge on any atom is -0.347 e. The van der Waals surface area contributed by atoms with Crippen molar-refractivity contribution < 1.29 is 4.79 Å². The van der Waals surface area contributed by atoms with Gasteiger partial charge in [-0.15, -0.1) is 11.3 Å². The highest BCUT2D eigenvalue weighted by Gasteiger charge is 2.08. The molecule has 6 heteroatoms. The van der Waals surface area contributed by atoms with E-state index in [2.05, 4.69) is 21.2 Å². The molecule has 0 atom stereocenters. The molecule has 0 aliphatic heterocycles. The molecule has 1 aromatic heterocycles. The molecule has 2 rings (SSSR count). The summed E-state index contributed by atoms with van der Waals surface area (Å²) in [6, 6.07) is 8.73. The van der Waals surface area contributed by atoms with Crippen LogP contribution in [-0.2, 0) is 6.54 Å². The van der Waals surface area contributed by atoms with E-state index in [9.17, 15) is 4.79 Å². The second-order valence-electron chi connectivity index (χ2n) is 3.52. The predicted octanol–water partition coefficient (Wildman–Crippen LogP) is 4.75. The van der Waals surface area contributed by atoms with Crippen LogP contribution in [0.25, 0.3) is 0 Å². The van der Waals surface area contributed by atoms with Crippen LogP contribution >= 0.6 is 50.5 Å². The van der Waals surface area contributed by atoms with Crippen LogP contribution in [0.4, 0.5) is 0 Å². The number of amides is 1. The van der Waals surface area contributed by atoms with E-state index in [0.29, 0.717) is 22.2 Å². The third-order valence-corrected chi connectivity index (χ3v) is 4.60. The molecule has 18 heavy (non-hydrogen) atoms. The molecule has 0 bridgehead atoms. The molecule has 0 aliphatic rings. The zero-order valence-corrected chi connectivity index (χ0v) is 13.0. The number of nitrogens with one attached hydrogen (secondary N) is 1. The molecule has 1 heterocycles. The molecule has 2 aromatic rings. The number of carbonyl (C=O) groups excluding carboxylic acids is 1. The topological polar surface area (TPSA) is 29.1 Å². The Morgan fingerprint density at radius 1 is 1.22 bits per heavy atom. The van der Waals surface area contributed by atoms with Gasteiger partial charge in [-0.1, -0.05) is 23.2 Å². The largest absolute Gasteiger partial charge is 0.347 e. The average Bonchev–Trinajstić information content (AvgIpc) is 2.75. The van der Waals surface area contributed by atoms with Crippen molar-refractivity contribution in [3.63, 3.8) is 0 Å². The third-order valence-electron chi connectivity index (χ3n) is 2.23. The van der Waals surface area contributed by atoms with Crippen molar-refractivity contribution in [2.24, 2.45) is 0 Å². The Labute approximate surface area is 127 Å². The summed E-state index contributed by atoms with van der Waals surface area (Å²) in [6.07, 6.45) is 0. The first-order valence-electron chi connectivity index (χ1n) is 5.04. The van der Waals surface area contributed by atoms with E-state index >= 15 is 0 Å². The van der Waals surface area contributed by atoms with E-state index in [1.807, 2.05) is 12.1 Å². The van der Waals surface area contributed by atoms with Crippen LogP contribution in [0.1, 0.15) is 15.2 Å². The number of benzene rings is 1. The molecule has 1 N–H and O–H groups in total. The number of hydrogen-bond acceptors (Lipinski definition) is 2. The molecule has 2 nitrogen and oxygen atoms in total. The second-order valence-corrected chi connectivity index (χ2v) is 6.88. The molecule has 0 aliphatic carbocycles. The van der Waals surface area contributed by atoms with E-state index in [1.165, 1.54) is 0 Å². The Morgan fingerprint density at radius 2 is 2.00 bits per heavy atom. The van der Waals surface area contributed by atoms with Gasteiger partial charge in [0.1, 0.15) is 0 Å². The van der Waals surface area contributed by atoms with Crippen molar-refractivity contribution in [1.82, 2.24) is 5.32 Å². The van der Waals surface area contributed by atoms with Crippen LogP contribution < -0.4 is 5.32 Å². The van der Waals surface area contributed by atoms with Gasteiger partial charge in [0, 0.05) is 10.4 Å². The van der Waals surface area contributed by atoms with Crippen molar-refractivity contribution in [3.8, 4) is 0 Å². The maximum absolute atomic E-state index is 11.9. The van der Waals surface area contributed by atoms with Gasteiger partial charge in [-0.25, -0.2) is 0 Å². The minimum atomic E-state index is -0.168. The van der Waals surface area contributed by atoms with Gasteiger partial charge >= 0.3 is 0 Å². The summed E-state index contributed by atoms with van der Waals surface area (Å²) < 4.78 is 1.04. The fraction of sp³-hybridized carbons (Fsp3) is 0.0833. The van der Waals surface area contributed by atoms with Gasteiger partial charge in [-0.3, -0.25) is 4.79 Å². The minimum absolute atomic E-state index is 0.168. The van der Waals surface area contributed by atoms with Crippen molar-refractivity contribution in [1.29, 1.82) is 0 Å². The zero-order chi connectivity index (χ0) is 13.1. The number of rotatable bonds is 3. The van der Waals surface area contributed by atoms with Crippen molar-refractivity contribution in [2.75, 3.05) is 0 Å². The number of hydrogen-bond donors (Lipinski definition) is 1. The van der Waals surface area contributed by atoms with E-state index in [4.69, 9.17) is 23.2 Å². The lowest BCUT2D eigenvalue weighted by Crippen LogP contribution is -2.22. The first kappa shape index (κ1) is 13.9. The van der Waals surface area contributed by atoms with Gasteiger partial charge < -0.3 is 5.32 Å². The molecule has 0 fully saturated rings. The standard InChI is InChI=1S/C12H8BrCl2NOS/c13-11-4-2-8(18-11)6-16-12(17)7-1-3-9(14)10(15)5-7/h1-5H,6H2,(H,16,17). The van der Waals surface area contributed by atoms with Gasteiger partial charge in [-0.2, -0.15) is 0 Å². The van der Waals surface area contributed by atoms with E-state index < -0.39 is 0 Å². The fourth-order valence-electron chi connectivity index (χ4n) is 1.35. The summed E-state index contributed by atoms with van der Waals surface area (Å²) in [4.78, 5) is 12.9. The van der Waals surface area contributed by atoms with Crippen molar-refractivity contribution in [3.05, 3.63) is 54.6 Å². The lowest BCUT2D eigenvalue weighted by atomic mass is 10.2. The first-order chi connectivity index (χ1) is 8.56. The van der Waals surface area contributed by atoms with E-state index in [0.717, 1.165) is 8.66 Å². The number of carbonyl (C=O) groups is 1. The molecule has 1 aromatic carbocycles. The predicted molar refractivity (Wildman–Crippen MR) is 79.7 cm³/mol. The van der Waals surface area contributed by atoms with Gasteiger partial charge in [-0.05, 0) is 46.3 Å². The lowest BCUT2D eigenvalue weighted by molar-refractivity contribution is 0.0951. The Bertz CT molecular complexity index is 585. The van der Waals surface area contributed by atoms with Crippen molar-refractivity contribution in [2.45, 2.75) is 6.54 Å². The molecule has 0 spiro atoms. The molecule has 94 valence electrons. The highest BCUT2D eigenvalue weighted by Crippen LogP contribution is 2.23. The summed E-state index contributed by atoms with van der Waals surface area (Å²) in [5.74, 6) is -0.168. The molecular weight excluding hydrogens is 357 g/mol. The zero-order valence-electron chi connectivity index (χ0n) is 9.04. The van der Waals surface area contributed by atoms with Crippen LogP contribution in [0, 0.1) is 0 Å². The smallest absolute Gasteiger partial charge is 0.251 e. The SMILES string of the molecule is O=C(NCc1ccc(Br)s1)c1ccc(Cl)c(Cl)c1. The van der Waals surface area contributed by atoms with Crippen LogP contribution in [0.3, 0.4) is 0 Å². The van der Waals surface area contributed by atoms with E-state index in [1.54, 1.807) is 29.5 Å². The first-order valence-corrected chi connectivity index (χ1v) is 7.40. The highest BCUT2D eigenvalue weighted by molar-refractivity contribution is 9.11. The van der Waals surface area contributed by atoms with Gasteiger partial charge in [0.15, 0.2) is 0 Å².